The SMILES string of the molecule is Cn1ncc(Br)c1CNc1nccn(CC(=O)O)c1=O. The van der Waals surface area contributed by atoms with Gasteiger partial charge in [-0.3, -0.25) is 18.8 Å². The van der Waals surface area contributed by atoms with Gasteiger partial charge in [0.1, 0.15) is 6.54 Å². The van der Waals surface area contributed by atoms with Crippen molar-refractivity contribution in [3.63, 3.8) is 0 Å². The topological polar surface area (TPSA) is 102 Å². The number of aryl methyl sites for hydroxylation is 1. The van der Waals surface area contributed by atoms with E-state index in [2.05, 4.69) is 31.3 Å². The maximum atomic E-state index is 12.0. The lowest BCUT2D eigenvalue weighted by molar-refractivity contribution is -0.137. The zero-order valence-electron chi connectivity index (χ0n) is 10.6. The smallest absolute Gasteiger partial charge is 0.323 e. The van der Waals surface area contributed by atoms with E-state index in [1.54, 1.807) is 17.9 Å². The maximum absolute atomic E-state index is 12.0. The highest BCUT2D eigenvalue weighted by Crippen LogP contribution is 2.15. The van der Waals surface area contributed by atoms with Crippen LogP contribution in [0.3, 0.4) is 0 Å². The lowest BCUT2D eigenvalue weighted by Crippen LogP contribution is -2.27. The quantitative estimate of drug-likeness (QED) is 0.817. The summed E-state index contributed by atoms with van der Waals surface area (Å²) in [7, 11) is 1.78. The Morgan fingerprint density at radius 2 is 2.30 bits per heavy atom. The number of carboxylic acids is 1. The first-order chi connectivity index (χ1) is 9.49. The fourth-order valence-electron chi connectivity index (χ4n) is 1.64. The summed E-state index contributed by atoms with van der Waals surface area (Å²) in [6.45, 7) is -0.0537. The van der Waals surface area contributed by atoms with Crippen LogP contribution in [0.5, 0.6) is 0 Å². The summed E-state index contributed by atoms with van der Waals surface area (Å²) in [5.74, 6) is -0.986. The molecule has 0 aliphatic carbocycles. The van der Waals surface area contributed by atoms with Crippen LogP contribution in [-0.2, 0) is 24.9 Å². The highest BCUT2D eigenvalue weighted by molar-refractivity contribution is 9.10. The van der Waals surface area contributed by atoms with E-state index in [1.165, 1.54) is 12.4 Å². The molecule has 8 nitrogen and oxygen atoms in total. The summed E-state index contributed by atoms with van der Waals surface area (Å²) in [5, 5.41) is 15.7. The molecule has 0 aliphatic rings. The van der Waals surface area contributed by atoms with Crippen LogP contribution in [-0.4, -0.2) is 30.4 Å². The molecule has 0 saturated carbocycles. The lowest BCUT2D eigenvalue weighted by Gasteiger charge is -2.08. The molecule has 0 saturated heterocycles. The standard InChI is InChI=1S/C11H12BrN5O3/c1-16-8(7(12)4-15-16)5-14-10-11(20)17(3-2-13-10)6-9(18)19/h2-4H,5-6H2,1H3,(H,13,14)(H,18,19). The van der Waals surface area contributed by atoms with E-state index in [0.29, 0.717) is 6.54 Å². The summed E-state index contributed by atoms with van der Waals surface area (Å²) < 4.78 is 3.56. The molecule has 106 valence electrons. The molecular formula is C11H12BrN5O3. The van der Waals surface area contributed by atoms with Crippen LogP contribution in [0.2, 0.25) is 0 Å². The molecule has 0 bridgehead atoms. The summed E-state index contributed by atoms with van der Waals surface area (Å²) in [6.07, 6.45) is 4.37. The van der Waals surface area contributed by atoms with Crippen molar-refractivity contribution in [1.29, 1.82) is 0 Å². The minimum Gasteiger partial charge on any atom is -0.480 e. The van der Waals surface area contributed by atoms with Crippen LogP contribution in [0, 0.1) is 0 Å². The van der Waals surface area contributed by atoms with E-state index < -0.39 is 18.1 Å². The number of rotatable bonds is 5. The normalized spacial score (nSPS) is 10.5. The molecule has 2 aromatic rings. The molecule has 9 heteroatoms. The predicted octanol–water partition coefficient (Wildman–Crippen LogP) is 0.436. The summed E-state index contributed by atoms with van der Waals surface area (Å²) in [4.78, 5) is 26.5. The van der Waals surface area contributed by atoms with Gasteiger partial charge in [0, 0.05) is 19.4 Å². The van der Waals surface area contributed by atoms with E-state index in [1.807, 2.05) is 0 Å². The van der Waals surface area contributed by atoms with Crippen molar-refractivity contribution in [1.82, 2.24) is 19.3 Å². The van der Waals surface area contributed by atoms with Gasteiger partial charge in [0.05, 0.1) is 22.9 Å². The van der Waals surface area contributed by atoms with Gasteiger partial charge in [-0.05, 0) is 15.9 Å². The first-order valence-corrected chi connectivity index (χ1v) is 6.46. The van der Waals surface area contributed by atoms with Gasteiger partial charge < -0.3 is 10.4 Å². The molecule has 0 amide bonds. The van der Waals surface area contributed by atoms with Crippen molar-refractivity contribution >= 4 is 27.7 Å². The third kappa shape index (κ3) is 3.05. The first-order valence-electron chi connectivity index (χ1n) is 5.66. The molecule has 20 heavy (non-hydrogen) atoms. The molecule has 2 rings (SSSR count). The monoisotopic (exact) mass is 341 g/mol. The van der Waals surface area contributed by atoms with Crippen LogP contribution in [0.4, 0.5) is 5.82 Å². The van der Waals surface area contributed by atoms with E-state index in [9.17, 15) is 9.59 Å². The van der Waals surface area contributed by atoms with Crippen molar-refractivity contribution in [2.75, 3.05) is 5.32 Å². The van der Waals surface area contributed by atoms with E-state index in [0.717, 1.165) is 14.7 Å². The Morgan fingerprint density at radius 1 is 1.55 bits per heavy atom. The third-order valence-corrected chi connectivity index (χ3v) is 3.32. The van der Waals surface area contributed by atoms with Crippen LogP contribution < -0.4 is 10.9 Å². The van der Waals surface area contributed by atoms with Crippen molar-refractivity contribution < 1.29 is 9.90 Å². The Kier molecular flexibility index (Phi) is 4.18. The first kappa shape index (κ1) is 14.3. The Balaban J connectivity index is 2.18. The molecule has 0 unspecified atom stereocenters. The highest BCUT2D eigenvalue weighted by atomic mass is 79.9. The molecular weight excluding hydrogens is 330 g/mol. The second-order valence-corrected chi connectivity index (χ2v) is 4.87. The molecule has 0 aliphatic heterocycles. The van der Waals surface area contributed by atoms with E-state index in [-0.39, 0.29) is 5.82 Å². The average molecular weight is 342 g/mol. The fraction of sp³-hybridized carbons (Fsp3) is 0.273. The number of aliphatic carboxylic acids is 1. The number of carbonyl (C=O) groups is 1. The number of aromatic nitrogens is 4. The fourth-order valence-corrected chi connectivity index (χ4v) is 2.13. The molecule has 0 radical (unpaired) electrons. The summed E-state index contributed by atoms with van der Waals surface area (Å²) in [5.41, 5.74) is 0.369. The van der Waals surface area contributed by atoms with E-state index >= 15 is 0 Å². The van der Waals surface area contributed by atoms with Crippen LogP contribution in [0.1, 0.15) is 5.69 Å². The van der Waals surface area contributed by atoms with Crippen LogP contribution in [0.25, 0.3) is 0 Å². The van der Waals surface area contributed by atoms with E-state index in [4.69, 9.17) is 5.11 Å². The number of nitrogens with zero attached hydrogens (tertiary/aromatic N) is 4. The van der Waals surface area contributed by atoms with Crippen molar-refractivity contribution in [3.8, 4) is 0 Å². The van der Waals surface area contributed by atoms with Crippen LogP contribution in [0.15, 0.2) is 27.9 Å². The number of halogens is 1. The van der Waals surface area contributed by atoms with Crippen molar-refractivity contribution in [2.24, 2.45) is 7.05 Å². The Bertz CT molecular complexity index is 674. The highest BCUT2D eigenvalue weighted by Gasteiger charge is 2.10. The average Bonchev–Trinajstić information content (AvgIpc) is 2.70. The Hall–Kier alpha value is -2.16. The molecule has 2 N–H and O–H groups in total. The minimum absolute atomic E-state index is 0.0989. The second kappa shape index (κ2) is 5.87. The molecule has 0 spiro atoms. The lowest BCUT2D eigenvalue weighted by atomic mass is 10.4. The van der Waals surface area contributed by atoms with Gasteiger partial charge in [0.25, 0.3) is 5.56 Å². The number of carboxylic acid groups (broad SMARTS) is 1. The summed E-state index contributed by atoms with van der Waals surface area (Å²) in [6, 6.07) is 0. The molecule has 0 fully saturated rings. The summed E-state index contributed by atoms with van der Waals surface area (Å²) >= 11 is 3.35. The zero-order chi connectivity index (χ0) is 14.7. The Labute approximate surface area is 122 Å². The zero-order valence-corrected chi connectivity index (χ0v) is 12.2. The number of nitrogens with one attached hydrogen (secondary N) is 1. The molecule has 0 atom stereocenters. The number of anilines is 1. The van der Waals surface area contributed by atoms with Crippen molar-refractivity contribution in [2.45, 2.75) is 13.1 Å². The van der Waals surface area contributed by atoms with Crippen molar-refractivity contribution in [3.05, 3.63) is 39.1 Å². The minimum atomic E-state index is -1.08. The number of hydrogen-bond donors (Lipinski definition) is 2. The largest absolute Gasteiger partial charge is 0.480 e. The van der Waals surface area contributed by atoms with Gasteiger partial charge in [0.2, 0.25) is 0 Å². The van der Waals surface area contributed by atoms with Gasteiger partial charge in [-0.2, -0.15) is 5.10 Å². The van der Waals surface area contributed by atoms with Gasteiger partial charge in [-0.1, -0.05) is 0 Å². The second-order valence-electron chi connectivity index (χ2n) is 4.02. The van der Waals surface area contributed by atoms with Gasteiger partial charge in [-0.15, -0.1) is 0 Å². The maximum Gasteiger partial charge on any atom is 0.323 e. The van der Waals surface area contributed by atoms with Gasteiger partial charge >= 0.3 is 5.97 Å². The van der Waals surface area contributed by atoms with Gasteiger partial charge in [-0.25, -0.2) is 4.98 Å². The number of hydrogen-bond acceptors (Lipinski definition) is 5. The predicted molar refractivity (Wildman–Crippen MR) is 74.4 cm³/mol. The van der Waals surface area contributed by atoms with Gasteiger partial charge in [0.15, 0.2) is 5.82 Å². The molecule has 2 heterocycles. The van der Waals surface area contributed by atoms with Crippen LogP contribution >= 0.6 is 15.9 Å². The Morgan fingerprint density at radius 3 is 2.90 bits per heavy atom. The molecule has 0 aromatic carbocycles. The molecule has 2 aromatic heterocycles. The third-order valence-electron chi connectivity index (χ3n) is 2.65.